The van der Waals surface area contributed by atoms with Crippen molar-refractivity contribution >= 4 is 11.1 Å². The molecule has 30 heavy (non-hydrogen) atoms. The third-order valence-electron chi connectivity index (χ3n) is 6.88. The predicted octanol–water partition coefficient (Wildman–Crippen LogP) is 4.72. The Morgan fingerprint density at radius 3 is 1.30 bits per heavy atom. The highest BCUT2D eigenvalue weighted by atomic mass is 16.4. The molecule has 2 aromatic rings. The van der Waals surface area contributed by atoms with E-state index in [0.29, 0.717) is 12.8 Å². The molecule has 0 radical (unpaired) electrons. The maximum Gasteiger partial charge on any atom is 0.128 e. The largest absolute Gasteiger partial charge is 0.381 e. The van der Waals surface area contributed by atoms with Crippen LogP contribution in [0.25, 0.3) is 11.1 Å². The lowest BCUT2D eigenvalue weighted by atomic mass is 9.71. The van der Waals surface area contributed by atoms with Crippen molar-refractivity contribution in [1.82, 2.24) is 0 Å². The first-order chi connectivity index (χ1) is 14.6. The van der Waals surface area contributed by atoms with Crippen LogP contribution in [-0.2, 0) is 12.8 Å². The van der Waals surface area contributed by atoms with E-state index in [9.17, 15) is 10.2 Å². The maximum atomic E-state index is 12.4. The molecule has 0 amide bonds. The van der Waals surface area contributed by atoms with Crippen molar-refractivity contribution < 1.29 is 10.2 Å². The lowest BCUT2D eigenvalue weighted by Crippen LogP contribution is -2.55. The van der Waals surface area contributed by atoms with Gasteiger partial charge in [0.2, 0.25) is 0 Å². The average molecular weight is 390 g/mol. The molecule has 0 bridgehead atoms. The van der Waals surface area contributed by atoms with E-state index in [2.05, 4.69) is 24.3 Å². The number of rotatable bonds is 1. The second-order valence-electron chi connectivity index (χ2n) is 8.49. The van der Waals surface area contributed by atoms with Gasteiger partial charge in [-0.05, 0) is 33.4 Å². The van der Waals surface area contributed by atoms with E-state index in [1.807, 2.05) is 72.9 Å². The Labute approximate surface area is 176 Å². The molecule has 2 atom stereocenters. The molecule has 146 valence electrons. The number of allylic oxidation sites excluding steroid dienone is 10. The first-order valence-electron chi connectivity index (χ1n) is 10.4. The molecular formula is C28H22O2. The summed E-state index contributed by atoms with van der Waals surface area (Å²) in [6.45, 7) is 0. The molecule has 2 aromatic carbocycles. The van der Waals surface area contributed by atoms with Gasteiger partial charge in [-0.1, -0.05) is 97.1 Å². The zero-order chi connectivity index (χ0) is 20.3. The summed E-state index contributed by atoms with van der Waals surface area (Å²) in [5, 5.41) is 24.9. The molecule has 2 nitrogen and oxygen atoms in total. The van der Waals surface area contributed by atoms with Gasteiger partial charge in [0.1, 0.15) is 11.2 Å². The van der Waals surface area contributed by atoms with Crippen LogP contribution in [0.4, 0.5) is 0 Å². The minimum Gasteiger partial charge on any atom is -0.381 e. The van der Waals surface area contributed by atoms with Crippen molar-refractivity contribution in [1.29, 1.82) is 0 Å². The van der Waals surface area contributed by atoms with E-state index < -0.39 is 11.2 Å². The van der Waals surface area contributed by atoms with Gasteiger partial charge in [0.25, 0.3) is 0 Å². The van der Waals surface area contributed by atoms with Crippen LogP contribution in [0.3, 0.4) is 0 Å². The molecule has 0 saturated heterocycles. The first kappa shape index (κ1) is 17.6. The summed E-state index contributed by atoms with van der Waals surface area (Å²) in [4.78, 5) is 0. The van der Waals surface area contributed by atoms with Gasteiger partial charge >= 0.3 is 0 Å². The molecule has 6 rings (SSSR count). The summed E-state index contributed by atoms with van der Waals surface area (Å²) < 4.78 is 0. The van der Waals surface area contributed by atoms with Crippen molar-refractivity contribution in [3.05, 3.63) is 131 Å². The second kappa shape index (κ2) is 6.15. The Balaban J connectivity index is 1.65. The number of hydrogen-bond donors (Lipinski definition) is 2. The normalized spacial score (nSPS) is 28.2. The molecular weight excluding hydrogens is 368 g/mol. The van der Waals surface area contributed by atoms with E-state index in [0.717, 1.165) is 44.5 Å². The van der Waals surface area contributed by atoms with Crippen LogP contribution in [0.1, 0.15) is 22.3 Å². The lowest BCUT2D eigenvalue weighted by Gasteiger charge is -2.42. The molecule has 0 heterocycles. The van der Waals surface area contributed by atoms with Crippen LogP contribution in [-0.4, -0.2) is 21.4 Å². The molecule has 0 spiro atoms. The molecule has 4 aliphatic carbocycles. The zero-order valence-electron chi connectivity index (χ0n) is 16.5. The summed E-state index contributed by atoms with van der Waals surface area (Å²) in [7, 11) is 0. The highest BCUT2D eigenvalue weighted by Gasteiger charge is 2.60. The topological polar surface area (TPSA) is 40.5 Å². The van der Waals surface area contributed by atoms with E-state index in [-0.39, 0.29) is 0 Å². The van der Waals surface area contributed by atoms with Gasteiger partial charge in [0.15, 0.2) is 0 Å². The molecule has 2 unspecified atom stereocenters. The predicted molar refractivity (Wildman–Crippen MR) is 121 cm³/mol. The fraction of sp³-hybridized carbons (Fsp3) is 0.143. The van der Waals surface area contributed by atoms with Crippen LogP contribution in [0, 0.1) is 0 Å². The Morgan fingerprint density at radius 1 is 0.533 bits per heavy atom. The van der Waals surface area contributed by atoms with Gasteiger partial charge in [-0.15, -0.1) is 0 Å². The molecule has 4 aliphatic rings. The van der Waals surface area contributed by atoms with Crippen molar-refractivity contribution in [3.8, 4) is 0 Å². The fourth-order valence-corrected chi connectivity index (χ4v) is 5.59. The van der Waals surface area contributed by atoms with Crippen molar-refractivity contribution in [2.45, 2.75) is 24.0 Å². The van der Waals surface area contributed by atoms with Crippen LogP contribution < -0.4 is 0 Å². The van der Waals surface area contributed by atoms with Crippen molar-refractivity contribution in [2.24, 2.45) is 0 Å². The Bertz CT molecular complexity index is 1140. The fourth-order valence-electron chi connectivity index (χ4n) is 5.59. The molecule has 2 N–H and O–H groups in total. The minimum absolute atomic E-state index is 0.387. The summed E-state index contributed by atoms with van der Waals surface area (Å²) in [6, 6.07) is 16.2. The molecule has 0 aliphatic heterocycles. The summed E-state index contributed by atoms with van der Waals surface area (Å²) in [6.07, 6.45) is 16.8. The van der Waals surface area contributed by atoms with E-state index >= 15 is 0 Å². The highest BCUT2D eigenvalue weighted by molar-refractivity contribution is 5.94. The van der Waals surface area contributed by atoms with Gasteiger partial charge in [0.05, 0.1) is 0 Å². The summed E-state index contributed by atoms with van der Waals surface area (Å²) in [5.74, 6) is 0. The Hall–Kier alpha value is -3.20. The van der Waals surface area contributed by atoms with Crippen molar-refractivity contribution in [2.75, 3.05) is 0 Å². The summed E-state index contributed by atoms with van der Waals surface area (Å²) >= 11 is 0. The van der Waals surface area contributed by atoms with Crippen molar-refractivity contribution in [3.63, 3.8) is 0 Å². The van der Waals surface area contributed by atoms with Crippen LogP contribution in [0.5, 0.6) is 0 Å². The molecule has 2 heteroatoms. The van der Waals surface area contributed by atoms with E-state index in [4.69, 9.17) is 0 Å². The monoisotopic (exact) mass is 390 g/mol. The zero-order valence-corrected chi connectivity index (χ0v) is 16.5. The average Bonchev–Trinajstić information content (AvgIpc) is 3.52. The number of benzene rings is 2. The van der Waals surface area contributed by atoms with Gasteiger partial charge in [-0.2, -0.15) is 0 Å². The third-order valence-corrected chi connectivity index (χ3v) is 6.88. The maximum absolute atomic E-state index is 12.4. The van der Waals surface area contributed by atoms with Gasteiger partial charge < -0.3 is 10.2 Å². The summed E-state index contributed by atoms with van der Waals surface area (Å²) in [5.41, 5.74) is 4.90. The highest BCUT2D eigenvalue weighted by Crippen LogP contribution is 2.57. The number of aliphatic hydroxyl groups is 2. The SMILES string of the molecule is OC1(C2(O)Cc3ccccc3C2=C2C=CC=C2)Cc2ccccc2C1=C1C=CC=C1. The first-order valence-corrected chi connectivity index (χ1v) is 10.4. The van der Waals surface area contributed by atoms with Crippen LogP contribution >= 0.6 is 0 Å². The lowest BCUT2D eigenvalue weighted by molar-refractivity contribution is -0.0705. The molecule has 0 aromatic heterocycles. The minimum atomic E-state index is -1.43. The van der Waals surface area contributed by atoms with Crippen LogP contribution in [0.2, 0.25) is 0 Å². The number of hydrogen-bond acceptors (Lipinski definition) is 2. The quantitative estimate of drug-likeness (QED) is 0.740. The van der Waals surface area contributed by atoms with Gasteiger partial charge in [-0.3, -0.25) is 0 Å². The Kier molecular flexibility index (Phi) is 3.62. The van der Waals surface area contributed by atoms with Gasteiger partial charge in [-0.25, -0.2) is 0 Å². The van der Waals surface area contributed by atoms with Crippen LogP contribution in [0.15, 0.2) is 108 Å². The van der Waals surface area contributed by atoms with Gasteiger partial charge in [0, 0.05) is 24.0 Å². The molecule has 0 saturated carbocycles. The van der Waals surface area contributed by atoms with E-state index in [1.54, 1.807) is 0 Å². The molecule has 0 fully saturated rings. The third kappa shape index (κ3) is 2.21. The second-order valence-corrected chi connectivity index (χ2v) is 8.49. The Morgan fingerprint density at radius 2 is 0.900 bits per heavy atom. The smallest absolute Gasteiger partial charge is 0.128 e. The van der Waals surface area contributed by atoms with E-state index in [1.165, 1.54) is 0 Å². The standard InChI is InChI=1S/C28H22O2/c29-27(17-21-13-5-7-15-23(21)25(27)19-9-1-2-10-19)28(30)18-22-14-6-8-16-24(22)26(28)20-11-3-4-12-20/h1-16,29-30H,17-18H2. The number of fused-ring (bicyclic) bond motifs is 2.